The zero-order chi connectivity index (χ0) is 20.9. The summed E-state index contributed by atoms with van der Waals surface area (Å²) in [4.78, 5) is 31.7. The second kappa shape index (κ2) is 9.50. The highest BCUT2D eigenvalue weighted by Crippen LogP contribution is 2.24. The molecule has 2 aromatic carbocycles. The molecule has 0 aliphatic carbocycles. The molecule has 2 aromatic rings. The molecule has 0 atom stereocenters. The van der Waals surface area contributed by atoms with Crippen molar-refractivity contribution in [1.82, 2.24) is 9.80 Å². The average Bonchev–Trinajstić information content (AvgIpc) is 3.08. The highest BCUT2D eigenvalue weighted by Gasteiger charge is 2.30. The van der Waals surface area contributed by atoms with Crippen molar-refractivity contribution < 1.29 is 9.59 Å². The fraction of sp³-hybridized carbons (Fsp3) is 0.520. The van der Waals surface area contributed by atoms with Gasteiger partial charge in [0.2, 0.25) is 11.8 Å². The van der Waals surface area contributed by atoms with Crippen LogP contribution in [0, 0.1) is 5.92 Å². The topological polar surface area (TPSA) is 43.9 Å². The molecule has 0 saturated carbocycles. The minimum atomic E-state index is 0.0883. The molecule has 2 aliphatic rings. The summed E-state index contributed by atoms with van der Waals surface area (Å²) < 4.78 is 0. The Morgan fingerprint density at radius 2 is 1.53 bits per heavy atom. The van der Waals surface area contributed by atoms with E-state index in [1.54, 1.807) is 0 Å². The van der Waals surface area contributed by atoms with Crippen LogP contribution in [0.3, 0.4) is 0 Å². The van der Waals surface area contributed by atoms with Crippen LogP contribution in [0.5, 0.6) is 0 Å². The van der Waals surface area contributed by atoms with Gasteiger partial charge in [0.1, 0.15) is 0 Å². The third kappa shape index (κ3) is 4.77. The van der Waals surface area contributed by atoms with Gasteiger partial charge in [-0.05, 0) is 48.6 Å². The first-order valence-electron chi connectivity index (χ1n) is 11.4. The van der Waals surface area contributed by atoms with Crippen LogP contribution in [-0.4, -0.2) is 61.4 Å². The number of benzene rings is 2. The highest BCUT2D eigenvalue weighted by atomic mass is 16.2. The molecule has 160 valence electrons. The summed E-state index contributed by atoms with van der Waals surface area (Å²) in [5.74, 6) is 0.550. The predicted octanol–water partition coefficient (Wildman–Crippen LogP) is 3.92. The molecule has 2 fully saturated rings. The SMILES string of the molecule is CN(CC(=O)N1CCC(C(=O)N2CCCCCC2)CC1)c1ccc2ccccc2c1. The molecule has 0 N–H and O–H groups in total. The van der Waals surface area contributed by atoms with Crippen molar-refractivity contribution in [2.24, 2.45) is 5.92 Å². The number of rotatable bonds is 4. The van der Waals surface area contributed by atoms with Crippen LogP contribution in [0.2, 0.25) is 0 Å². The number of carbonyl (C=O) groups excluding carboxylic acids is 2. The number of likely N-dealkylation sites (N-methyl/N-ethyl adjacent to an activating group) is 1. The number of likely N-dealkylation sites (tertiary alicyclic amines) is 2. The molecule has 0 spiro atoms. The van der Waals surface area contributed by atoms with Crippen molar-refractivity contribution in [1.29, 1.82) is 0 Å². The van der Waals surface area contributed by atoms with Gasteiger partial charge in [-0.25, -0.2) is 0 Å². The number of amides is 2. The quantitative estimate of drug-likeness (QED) is 0.772. The van der Waals surface area contributed by atoms with E-state index in [1.165, 1.54) is 23.6 Å². The molecule has 5 heteroatoms. The number of anilines is 1. The lowest BCUT2D eigenvalue weighted by Crippen LogP contribution is -2.47. The molecular formula is C25H33N3O2. The van der Waals surface area contributed by atoms with Crippen molar-refractivity contribution in [2.75, 3.05) is 44.7 Å². The van der Waals surface area contributed by atoms with Crippen molar-refractivity contribution in [2.45, 2.75) is 38.5 Å². The average molecular weight is 408 g/mol. The van der Waals surface area contributed by atoms with E-state index in [4.69, 9.17) is 0 Å². The van der Waals surface area contributed by atoms with Crippen LogP contribution in [0.4, 0.5) is 5.69 Å². The Morgan fingerprint density at radius 1 is 0.867 bits per heavy atom. The third-order valence-electron chi connectivity index (χ3n) is 6.66. The van der Waals surface area contributed by atoms with Gasteiger partial charge < -0.3 is 14.7 Å². The monoisotopic (exact) mass is 407 g/mol. The largest absolute Gasteiger partial charge is 0.365 e. The highest BCUT2D eigenvalue weighted by molar-refractivity contribution is 5.87. The van der Waals surface area contributed by atoms with Gasteiger partial charge in [0.15, 0.2) is 0 Å². The Balaban J connectivity index is 1.29. The molecule has 0 radical (unpaired) electrons. The Hall–Kier alpha value is -2.56. The van der Waals surface area contributed by atoms with Gasteiger partial charge in [0.25, 0.3) is 0 Å². The van der Waals surface area contributed by atoms with Gasteiger partial charge in [0.05, 0.1) is 6.54 Å². The van der Waals surface area contributed by atoms with Crippen molar-refractivity contribution in [3.63, 3.8) is 0 Å². The van der Waals surface area contributed by atoms with Gasteiger partial charge in [0, 0.05) is 44.8 Å². The molecule has 0 bridgehead atoms. The van der Waals surface area contributed by atoms with E-state index in [0.29, 0.717) is 25.5 Å². The zero-order valence-electron chi connectivity index (χ0n) is 18.1. The Morgan fingerprint density at radius 3 is 2.23 bits per heavy atom. The lowest BCUT2D eigenvalue weighted by Gasteiger charge is -2.35. The normalized spacial score (nSPS) is 18.3. The third-order valence-corrected chi connectivity index (χ3v) is 6.66. The van der Waals surface area contributed by atoms with Crippen LogP contribution >= 0.6 is 0 Å². The van der Waals surface area contributed by atoms with E-state index in [-0.39, 0.29) is 11.8 Å². The Bertz CT molecular complexity index is 881. The van der Waals surface area contributed by atoms with Gasteiger partial charge in [-0.2, -0.15) is 0 Å². The maximum atomic E-state index is 12.9. The van der Waals surface area contributed by atoms with Crippen molar-refractivity contribution >= 4 is 28.3 Å². The number of hydrogen-bond acceptors (Lipinski definition) is 3. The Kier molecular flexibility index (Phi) is 6.56. The van der Waals surface area contributed by atoms with Gasteiger partial charge in [-0.15, -0.1) is 0 Å². The zero-order valence-corrected chi connectivity index (χ0v) is 18.1. The second-order valence-electron chi connectivity index (χ2n) is 8.78. The summed E-state index contributed by atoms with van der Waals surface area (Å²) in [5.41, 5.74) is 1.05. The predicted molar refractivity (Wildman–Crippen MR) is 122 cm³/mol. The van der Waals surface area contributed by atoms with E-state index in [0.717, 1.165) is 44.5 Å². The smallest absolute Gasteiger partial charge is 0.242 e. The number of nitrogens with zero attached hydrogens (tertiary/aromatic N) is 3. The molecular weight excluding hydrogens is 374 g/mol. The van der Waals surface area contributed by atoms with Gasteiger partial charge in [-0.1, -0.05) is 43.2 Å². The summed E-state index contributed by atoms with van der Waals surface area (Å²) in [6, 6.07) is 14.6. The lowest BCUT2D eigenvalue weighted by molar-refractivity contribution is -0.140. The molecule has 2 heterocycles. The molecule has 2 amide bonds. The number of fused-ring (bicyclic) bond motifs is 1. The van der Waals surface area contributed by atoms with Gasteiger partial charge in [-0.3, -0.25) is 9.59 Å². The maximum absolute atomic E-state index is 12.9. The van der Waals surface area contributed by atoms with E-state index in [9.17, 15) is 9.59 Å². The second-order valence-corrected chi connectivity index (χ2v) is 8.78. The van der Waals surface area contributed by atoms with Crippen LogP contribution in [-0.2, 0) is 9.59 Å². The number of carbonyl (C=O) groups is 2. The summed E-state index contributed by atoms with van der Waals surface area (Å²) in [6.07, 6.45) is 6.32. The Labute approximate surface area is 179 Å². The maximum Gasteiger partial charge on any atom is 0.242 e. The first kappa shape index (κ1) is 20.7. The molecule has 30 heavy (non-hydrogen) atoms. The van der Waals surface area contributed by atoms with E-state index >= 15 is 0 Å². The van der Waals surface area contributed by atoms with Crippen LogP contribution in [0.1, 0.15) is 38.5 Å². The first-order valence-corrected chi connectivity index (χ1v) is 11.4. The van der Waals surface area contributed by atoms with Crippen LogP contribution < -0.4 is 4.90 Å². The number of hydrogen-bond donors (Lipinski definition) is 0. The molecule has 4 rings (SSSR count). The lowest BCUT2D eigenvalue weighted by atomic mass is 9.95. The first-order chi connectivity index (χ1) is 14.6. The molecule has 2 saturated heterocycles. The number of piperidine rings is 1. The summed E-state index contributed by atoms with van der Waals surface area (Å²) in [6.45, 7) is 3.56. The van der Waals surface area contributed by atoms with Crippen molar-refractivity contribution in [3.8, 4) is 0 Å². The standard InChI is InChI=1S/C25H33N3O2/c1-26(23-11-10-20-8-4-5-9-22(20)18-23)19-24(29)27-16-12-21(13-17-27)25(30)28-14-6-2-3-7-15-28/h4-5,8-11,18,21H,2-3,6-7,12-17,19H2,1H3. The minimum absolute atomic E-state index is 0.0883. The molecule has 2 aliphatic heterocycles. The van der Waals surface area contributed by atoms with E-state index < -0.39 is 0 Å². The fourth-order valence-corrected chi connectivity index (χ4v) is 4.73. The van der Waals surface area contributed by atoms with E-state index in [2.05, 4.69) is 35.2 Å². The fourth-order valence-electron chi connectivity index (χ4n) is 4.73. The van der Waals surface area contributed by atoms with E-state index in [1.807, 2.05) is 29.0 Å². The van der Waals surface area contributed by atoms with Gasteiger partial charge >= 0.3 is 0 Å². The molecule has 0 unspecified atom stereocenters. The minimum Gasteiger partial charge on any atom is -0.365 e. The summed E-state index contributed by atoms with van der Waals surface area (Å²) in [5, 5.41) is 2.39. The molecule has 5 nitrogen and oxygen atoms in total. The van der Waals surface area contributed by atoms with Crippen molar-refractivity contribution in [3.05, 3.63) is 42.5 Å². The summed E-state index contributed by atoms with van der Waals surface area (Å²) in [7, 11) is 1.97. The van der Waals surface area contributed by atoms with Crippen LogP contribution in [0.15, 0.2) is 42.5 Å². The summed E-state index contributed by atoms with van der Waals surface area (Å²) >= 11 is 0. The molecule has 0 aromatic heterocycles. The van der Waals surface area contributed by atoms with Crippen LogP contribution in [0.25, 0.3) is 10.8 Å².